The van der Waals surface area contributed by atoms with Gasteiger partial charge in [-0.3, -0.25) is 14.4 Å². The highest BCUT2D eigenvalue weighted by molar-refractivity contribution is 5.71. The Bertz CT molecular complexity index is 1070. The molecule has 0 aliphatic heterocycles. The average Bonchev–Trinajstić information content (AvgIpc) is 3.36. The first-order chi connectivity index (χ1) is 34.9. The molecule has 0 bridgehead atoms. The highest BCUT2D eigenvalue weighted by atomic mass is 16.6. The van der Waals surface area contributed by atoms with Gasteiger partial charge in [0.2, 0.25) is 0 Å². The van der Waals surface area contributed by atoms with Crippen LogP contribution < -0.4 is 0 Å². The molecule has 0 heterocycles. The third-order valence-corrected chi connectivity index (χ3v) is 15.0. The fourth-order valence-electron chi connectivity index (χ4n) is 10.2. The van der Waals surface area contributed by atoms with Gasteiger partial charge in [-0.05, 0) is 25.2 Å². The summed E-state index contributed by atoms with van der Waals surface area (Å²) < 4.78 is 17.0. The van der Waals surface area contributed by atoms with Gasteiger partial charge in [-0.15, -0.1) is 0 Å². The highest BCUT2D eigenvalue weighted by Gasteiger charge is 2.19. The fraction of sp³-hybridized carbons (Fsp3) is 0.954. The lowest BCUT2D eigenvalue weighted by atomic mass is 10.0. The zero-order valence-electron chi connectivity index (χ0n) is 48.7. The van der Waals surface area contributed by atoms with E-state index in [0.717, 1.165) is 63.7 Å². The van der Waals surface area contributed by atoms with Crippen LogP contribution in [0, 0.1) is 5.92 Å². The van der Waals surface area contributed by atoms with Crippen LogP contribution in [0.1, 0.15) is 374 Å². The summed E-state index contributed by atoms with van der Waals surface area (Å²) in [5, 5.41) is 0. The third-order valence-electron chi connectivity index (χ3n) is 15.0. The Kier molecular flexibility index (Phi) is 58.0. The Morgan fingerprint density at radius 3 is 0.690 bits per heavy atom. The second-order valence-corrected chi connectivity index (χ2v) is 22.9. The Hall–Kier alpha value is -1.59. The van der Waals surface area contributed by atoms with Crippen molar-refractivity contribution < 1.29 is 28.6 Å². The molecule has 6 heteroatoms. The van der Waals surface area contributed by atoms with Gasteiger partial charge in [0.15, 0.2) is 6.10 Å². The molecule has 0 saturated carbocycles. The van der Waals surface area contributed by atoms with Gasteiger partial charge in [0.05, 0.1) is 0 Å². The zero-order chi connectivity index (χ0) is 51.6. The number of ether oxygens (including phenoxy) is 3. The van der Waals surface area contributed by atoms with Gasteiger partial charge in [-0.1, -0.05) is 336 Å². The maximum Gasteiger partial charge on any atom is 0.306 e. The molecule has 0 aliphatic carbocycles. The van der Waals surface area contributed by atoms with E-state index in [1.165, 1.54) is 270 Å². The largest absolute Gasteiger partial charge is 0.462 e. The summed E-state index contributed by atoms with van der Waals surface area (Å²) in [7, 11) is 0. The van der Waals surface area contributed by atoms with E-state index in [-0.39, 0.29) is 31.1 Å². The molecule has 6 nitrogen and oxygen atoms in total. The summed E-state index contributed by atoms with van der Waals surface area (Å²) in [4.78, 5) is 38.3. The van der Waals surface area contributed by atoms with Crippen molar-refractivity contribution in [2.75, 3.05) is 13.2 Å². The van der Waals surface area contributed by atoms with Crippen LogP contribution in [0.4, 0.5) is 0 Å². The van der Waals surface area contributed by atoms with Crippen molar-refractivity contribution >= 4 is 17.9 Å². The number of unbranched alkanes of at least 4 members (excludes halogenated alkanes) is 47. The lowest BCUT2D eigenvalue weighted by Gasteiger charge is -2.18. The molecule has 0 saturated heterocycles. The molecule has 0 aromatic rings. The molecule has 422 valence electrons. The summed E-state index contributed by atoms with van der Waals surface area (Å²) in [5.41, 5.74) is 0. The maximum absolute atomic E-state index is 12.9. The summed E-state index contributed by atoms with van der Waals surface area (Å²) in [6.45, 7) is 9.10. The molecule has 0 aromatic carbocycles. The highest BCUT2D eigenvalue weighted by Crippen LogP contribution is 2.19. The standard InChI is InChI=1S/C65H126O6/c1-5-7-9-11-13-15-17-19-21-23-25-29-33-37-41-45-49-53-57-64(67)70-60-62(59-69-63(66)56-52-48-44-40-36-32-28-24-22-20-18-16-14-12-10-8-6-2)71-65(68)58-54-50-46-42-38-34-30-26-27-31-35-39-43-47-51-55-61(3)4/h61-62H,5-60H2,1-4H3/t62-/m0/s1. The Labute approximate surface area is 444 Å². The van der Waals surface area contributed by atoms with Crippen molar-refractivity contribution in [2.45, 2.75) is 381 Å². The minimum atomic E-state index is -0.763. The molecule has 0 aromatic heterocycles. The van der Waals surface area contributed by atoms with Crippen LogP contribution in [0.15, 0.2) is 0 Å². The van der Waals surface area contributed by atoms with Crippen molar-refractivity contribution in [1.29, 1.82) is 0 Å². The Morgan fingerprint density at radius 2 is 0.465 bits per heavy atom. The predicted molar refractivity (Wildman–Crippen MR) is 307 cm³/mol. The van der Waals surface area contributed by atoms with E-state index in [1.807, 2.05) is 0 Å². The first-order valence-corrected chi connectivity index (χ1v) is 32.4. The molecule has 0 N–H and O–H groups in total. The molecule has 0 amide bonds. The van der Waals surface area contributed by atoms with Gasteiger partial charge in [0.25, 0.3) is 0 Å². The van der Waals surface area contributed by atoms with Gasteiger partial charge in [0, 0.05) is 19.3 Å². The average molecular weight is 1000 g/mol. The molecule has 0 fully saturated rings. The summed E-state index contributed by atoms with van der Waals surface area (Å²) in [5.74, 6) is 0.0219. The van der Waals surface area contributed by atoms with Crippen LogP contribution >= 0.6 is 0 Å². The molecule has 0 rings (SSSR count). The number of rotatable bonds is 60. The Morgan fingerprint density at radius 1 is 0.268 bits per heavy atom. The van der Waals surface area contributed by atoms with Gasteiger partial charge < -0.3 is 14.2 Å². The van der Waals surface area contributed by atoms with Gasteiger partial charge in [-0.2, -0.15) is 0 Å². The van der Waals surface area contributed by atoms with Gasteiger partial charge in [-0.25, -0.2) is 0 Å². The molecule has 1 atom stereocenters. The topological polar surface area (TPSA) is 78.9 Å². The maximum atomic E-state index is 12.9. The van der Waals surface area contributed by atoms with Gasteiger partial charge in [0.1, 0.15) is 13.2 Å². The van der Waals surface area contributed by atoms with E-state index in [2.05, 4.69) is 27.7 Å². The predicted octanol–water partition coefficient (Wildman–Crippen LogP) is 21.7. The fourth-order valence-corrected chi connectivity index (χ4v) is 10.2. The van der Waals surface area contributed by atoms with Crippen LogP contribution in [-0.4, -0.2) is 37.2 Å². The minimum Gasteiger partial charge on any atom is -0.462 e. The zero-order valence-corrected chi connectivity index (χ0v) is 48.7. The second-order valence-electron chi connectivity index (χ2n) is 22.9. The molecule has 0 aliphatic rings. The number of hydrogen-bond acceptors (Lipinski definition) is 6. The molecular formula is C65H126O6. The number of hydrogen-bond donors (Lipinski definition) is 0. The second kappa shape index (κ2) is 59.3. The minimum absolute atomic E-state index is 0.0610. The lowest BCUT2D eigenvalue weighted by Crippen LogP contribution is -2.30. The molecule has 0 unspecified atom stereocenters. The van der Waals surface area contributed by atoms with Crippen LogP contribution in [0.25, 0.3) is 0 Å². The van der Waals surface area contributed by atoms with Crippen LogP contribution in [0.2, 0.25) is 0 Å². The molecular weight excluding hydrogens is 877 g/mol. The van der Waals surface area contributed by atoms with Crippen molar-refractivity contribution in [3.05, 3.63) is 0 Å². The lowest BCUT2D eigenvalue weighted by molar-refractivity contribution is -0.167. The molecule has 0 radical (unpaired) electrons. The summed E-state index contributed by atoms with van der Waals surface area (Å²) in [6.07, 6.45) is 66.7. The van der Waals surface area contributed by atoms with E-state index in [4.69, 9.17) is 14.2 Å². The monoisotopic (exact) mass is 1000 g/mol. The first kappa shape index (κ1) is 69.4. The normalized spacial score (nSPS) is 12.0. The van der Waals surface area contributed by atoms with Gasteiger partial charge >= 0.3 is 17.9 Å². The molecule has 71 heavy (non-hydrogen) atoms. The van der Waals surface area contributed by atoms with E-state index < -0.39 is 6.10 Å². The molecule has 0 spiro atoms. The van der Waals surface area contributed by atoms with E-state index in [1.54, 1.807) is 0 Å². The summed E-state index contributed by atoms with van der Waals surface area (Å²) in [6, 6.07) is 0. The van der Waals surface area contributed by atoms with Crippen molar-refractivity contribution in [2.24, 2.45) is 5.92 Å². The van der Waals surface area contributed by atoms with Crippen molar-refractivity contribution in [3.63, 3.8) is 0 Å². The third kappa shape index (κ3) is 59.2. The summed E-state index contributed by atoms with van der Waals surface area (Å²) >= 11 is 0. The number of carbonyl (C=O) groups excluding carboxylic acids is 3. The smallest absolute Gasteiger partial charge is 0.306 e. The number of esters is 3. The van der Waals surface area contributed by atoms with E-state index in [0.29, 0.717) is 19.3 Å². The quantitative estimate of drug-likeness (QED) is 0.0343. The van der Waals surface area contributed by atoms with Crippen LogP contribution in [0.5, 0.6) is 0 Å². The van der Waals surface area contributed by atoms with E-state index >= 15 is 0 Å². The van der Waals surface area contributed by atoms with Crippen LogP contribution in [0.3, 0.4) is 0 Å². The van der Waals surface area contributed by atoms with E-state index in [9.17, 15) is 14.4 Å². The SMILES string of the molecule is CCCCCCCCCCCCCCCCCCCCC(=O)OC[C@H](COC(=O)CCCCCCCCCCCCCCCCCCC)OC(=O)CCCCCCCCCCCCCCCCCC(C)C. The van der Waals surface area contributed by atoms with Crippen molar-refractivity contribution in [1.82, 2.24) is 0 Å². The number of carbonyl (C=O) groups is 3. The van der Waals surface area contributed by atoms with Crippen LogP contribution in [-0.2, 0) is 28.6 Å². The Balaban J connectivity index is 4.28. The van der Waals surface area contributed by atoms with Crippen molar-refractivity contribution in [3.8, 4) is 0 Å². The first-order valence-electron chi connectivity index (χ1n) is 32.4.